The molecule has 14 heteroatoms. The maximum Gasteiger partial charge on any atom is 0.269 e. The van der Waals surface area contributed by atoms with Gasteiger partial charge in [0.25, 0.3) is 11.6 Å². The molecule has 0 radical (unpaired) electrons. The normalized spacial score (nSPS) is 21.7. The molecule has 1 heterocycles. The number of ether oxygens (including phenoxy) is 4. The Morgan fingerprint density at radius 2 is 1.69 bits per heavy atom. The van der Waals surface area contributed by atoms with Gasteiger partial charge in [0.1, 0.15) is 35.6 Å². The Labute approximate surface area is 408 Å². The molecular weight excluding hydrogens is 891 g/mol. The number of rotatable bonds is 23. The second kappa shape index (κ2) is 22.7. The summed E-state index contributed by atoms with van der Waals surface area (Å²) in [6, 6.07) is 29.8. The molecule has 1 saturated carbocycles. The van der Waals surface area contributed by atoms with E-state index >= 15 is 4.79 Å². The Morgan fingerprint density at radius 1 is 0.943 bits per heavy atom. The number of aliphatic hydroxyl groups excluding tert-OH is 2. The van der Waals surface area contributed by atoms with Crippen molar-refractivity contribution in [3.63, 3.8) is 0 Å². The van der Waals surface area contributed by atoms with E-state index in [-0.39, 0.29) is 62.2 Å². The summed E-state index contributed by atoms with van der Waals surface area (Å²) in [4.78, 5) is 46.5. The highest BCUT2D eigenvalue weighted by Crippen LogP contribution is 2.62. The zero-order chi connectivity index (χ0) is 49.2. The Hall–Kier alpha value is -6.87. The number of unbranched alkanes of at least 4 members (excludes halogenated alkanes) is 2. The lowest BCUT2D eigenvalue weighted by atomic mass is 9.55. The average molecular weight is 952 g/mol. The van der Waals surface area contributed by atoms with E-state index in [2.05, 4.69) is 12.7 Å². The van der Waals surface area contributed by atoms with Crippen molar-refractivity contribution in [2.75, 3.05) is 33.5 Å². The third kappa shape index (κ3) is 10.4. The molecule has 3 aliphatic rings. The van der Waals surface area contributed by atoms with Gasteiger partial charge in [-0.1, -0.05) is 67.4 Å². The maximum absolute atomic E-state index is 15.4. The predicted molar refractivity (Wildman–Crippen MR) is 267 cm³/mol. The van der Waals surface area contributed by atoms with Crippen molar-refractivity contribution < 1.29 is 48.5 Å². The molecule has 1 amide bonds. The Balaban J connectivity index is 1.33. The van der Waals surface area contributed by atoms with Gasteiger partial charge < -0.3 is 38.9 Å². The minimum atomic E-state index is -1.49. The number of benzene rings is 5. The molecule has 14 nitrogen and oxygen atoms in total. The smallest absolute Gasteiger partial charge is 0.269 e. The first-order valence-corrected chi connectivity index (χ1v) is 24.2. The van der Waals surface area contributed by atoms with Gasteiger partial charge in [0.15, 0.2) is 6.29 Å². The van der Waals surface area contributed by atoms with Crippen LogP contribution in [-0.2, 0) is 16.2 Å². The number of oxime groups is 1. The maximum atomic E-state index is 15.4. The molecule has 1 aliphatic heterocycles. The minimum absolute atomic E-state index is 0.0201. The van der Waals surface area contributed by atoms with Crippen LogP contribution in [0.3, 0.4) is 0 Å². The number of fused-ring (bicyclic) bond motifs is 3. The van der Waals surface area contributed by atoms with E-state index in [1.807, 2.05) is 72.5 Å². The number of hydrogen-bond acceptors (Lipinski definition) is 12. The third-order valence-corrected chi connectivity index (χ3v) is 13.9. The van der Waals surface area contributed by atoms with E-state index in [4.69, 9.17) is 28.9 Å². The number of aliphatic hydroxyl groups is 2. The first kappa shape index (κ1) is 49.5. The van der Waals surface area contributed by atoms with Gasteiger partial charge in [0.2, 0.25) is 5.79 Å². The second-order valence-corrected chi connectivity index (χ2v) is 18.2. The molecular formula is C56H61N3O11. The van der Waals surface area contributed by atoms with Crippen molar-refractivity contribution in [2.24, 2.45) is 22.9 Å². The Morgan fingerprint density at radius 3 is 2.40 bits per heavy atom. The SMILES string of the molecule is C=CCO[C@@]12Oc3ccc(Oc4ccc(OC)c(C=O)c4)cc3[C@H]3[C@H](CCCCO)[C@@H](CCCCO)C=C(C(=NOCc4ccc([N+](=O)[O-])cc4)C[C@@H]1N(CCC)C(=O)c1ccc4ccccc4c1)[C@H]32. The molecule has 8 rings (SSSR count). The number of methoxy groups -OCH3 is 1. The number of amides is 1. The average Bonchev–Trinajstić information content (AvgIpc) is 3.38. The van der Waals surface area contributed by atoms with Crippen molar-refractivity contribution in [3.8, 4) is 23.0 Å². The van der Waals surface area contributed by atoms with Crippen LogP contribution in [0.25, 0.3) is 10.8 Å². The molecule has 366 valence electrons. The Bertz CT molecular complexity index is 2740. The molecule has 2 N–H and O–H groups in total. The molecule has 70 heavy (non-hydrogen) atoms. The van der Waals surface area contributed by atoms with Crippen molar-refractivity contribution >= 4 is 34.4 Å². The summed E-state index contributed by atoms with van der Waals surface area (Å²) in [6.45, 7) is 6.68. The minimum Gasteiger partial charge on any atom is -0.496 e. The van der Waals surface area contributed by atoms with Gasteiger partial charge in [0.05, 0.1) is 35.8 Å². The summed E-state index contributed by atoms with van der Waals surface area (Å²) in [7, 11) is 1.50. The van der Waals surface area contributed by atoms with E-state index in [1.165, 1.54) is 19.2 Å². The lowest BCUT2D eigenvalue weighted by Gasteiger charge is -2.60. The molecule has 0 aromatic heterocycles. The van der Waals surface area contributed by atoms with Crippen LogP contribution in [0.2, 0.25) is 0 Å². The number of aldehydes is 1. The van der Waals surface area contributed by atoms with E-state index < -0.39 is 22.7 Å². The molecule has 0 unspecified atom stereocenters. The zero-order valence-electron chi connectivity index (χ0n) is 39.7. The quantitative estimate of drug-likeness (QED) is 0.0209. The predicted octanol–water partition coefficient (Wildman–Crippen LogP) is 10.7. The molecule has 0 spiro atoms. The molecule has 0 saturated heterocycles. The van der Waals surface area contributed by atoms with Crippen LogP contribution in [0.4, 0.5) is 5.69 Å². The summed E-state index contributed by atoms with van der Waals surface area (Å²) in [5.41, 5.74) is 3.85. The van der Waals surface area contributed by atoms with Crippen LogP contribution in [0.5, 0.6) is 23.0 Å². The number of allylic oxidation sites excluding steroid dienone is 1. The fourth-order valence-electron chi connectivity index (χ4n) is 10.7. The highest BCUT2D eigenvalue weighted by Gasteiger charge is 2.65. The van der Waals surface area contributed by atoms with E-state index in [1.54, 1.807) is 36.4 Å². The van der Waals surface area contributed by atoms with Gasteiger partial charge in [-0.15, -0.1) is 6.58 Å². The number of hydrogen-bond donors (Lipinski definition) is 2. The molecule has 0 bridgehead atoms. The highest BCUT2D eigenvalue weighted by molar-refractivity contribution is 6.04. The second-order valence-electron chi connectivity index (χ2n) is 18.2. The van der Waals surface area contributed by atoms with Crippen LogP contribution >= 0.6 is 0 Å². The lowest BCUT2D eigenvalue weighted by molar-refractivity contribution is -0.384. The largest absolute Gasteiger partial charge is 0.496 e. The van der Waals surface area contributed by atoms with Crippen molar-refractivity contribution in [2.45, 2.75) is 82.6 Å². The van der Waals surface area contributed by atoms with E-state index in [9.17, 15) is 25.1 Å². The number of non-ortho nitro benzene ring substituents is 1. The van der Waals surface area contributed by atoms with Crippen LogP contribution in [0.1, 0.15) is 96.1 Å². The molecule has 1 fully saturated rings. The van der Waals surface area contributed by atoms with Crippen LogP contribution in [0.15, 0.2) is 133 Å². The van der Waals surface area contributed by atoms with Gasteiger partial charge in [-0.2, -0.15) is 0 Å². The lowest BCUT2D eigenvalue weighted by Crippen LogP contribution is -2.70. The summed E-state index contributed by atoms with van der Waals surface area (Å²) in [5.74, 6) is -0.694. The van der Waals surface area contributed by atoms with Gasteiger partial charge in [-0.25, -0.2) is 0 Å². The zero-order valence-corrected chi connectivity index (χ0v) is 39.7. The summed E-state index contributed by atoms with van der Waals surface area (Å²) >= 11 is 0. The van der Waals surface area contributed by atoms with Crippen molar-refractivity contribution in [1.82, 2.24) is 4.90 Å². The van der Waals surface area contributed by atoms with Crippen molar-refractivity contribution in [1.29, 1.82) is 0 Å². The highest BCUT2D eigenvalue weighted by atomic mass is 16.7. The first-order chi connectivity index (χ1) is 34.2. The van der Waals surface area contributed by atoms with Crippen LogP contribution < -0.4 is 14.2 Å². The number of nitro benzene ring substituents is 1. The summed E-state index contributed by atoms with van der Waals surface area (Å²) in [5, 5.41) is 38.4. The number of carbonyl (C=O) groups is 2. The fraction of sp³-hybridized carbons (Fsp3) is 0.375. The molecule has 2 aliphatic carbocycles. The van der Waals surface area contributed by atoms with Gasteiger partial charge in [0, 0.05) is 55.4 Å². The van der Waals surface area contributed by atoms with Crippen molar-refractivity contribution in [3.05, 3.63) is 160 Å². The van der Waals surface area contributed by atoms with E-state index in [0.29, 0.717) is 71.2 Å². The molecule has 5 aromatic carbocycles. The van der Waals surface area contributed by atoms with Gasteiger partial charge in [-0.3, -0.25) is 19.7 Å². The van der Waals surface area contributed by atoms with Crippen LogP contribution in [-0.4, -0.2) is 83.2 Å². The summed E-state index contributed by atoms with van der Waals surface area (Å²) < 4.78 is 26.5. The molecule has 6 atom stereocenters. The van der Waals surface area contributed by atoms with Crippen LogP contribution in [0, 0.1) is 27.9 Å². The summed E-state index contributed by atoms with van der Waals surface area (Å²) in [6.07, 6.45) is 9.72. The number of nitro groups is 1. The first-order valence-electron chi connectivity index (χ1n) is 24.2. The van der Waals surface area contributed by atoms with Gasteiger partial charge >= 0.3 is 0 Å². The van der Waals surface area contributed by atoms with E-state index in [0.717, 1.165) is 53.9 Å². The van der Waals surface area contributed by atoms with Gasteiger partial charge in [-0.05, 0) is 127 Å². The monoisotopic (exact) mass is 951 g/mol. The Kier molecular flexibility index (Phi) is 16.1. The number of carbonyl (C=O) groups excluding carboxylic acids is 2. The fourth-order valence-corrected chi connectivity index (χ4v) is 10.7. The third-order valence-electron chi connectivity index (χ3n) is 13.9. The topological polar surface area (TPSA) is 179 Å². The molecule has 5 aromatic rings. The standard InChI is InChI=1S/C56H61N3O11/c1-4-26-58(55(63)41-19-18-38-12-6-7-13-39(38)30-41)52-34-49(57-68-36-37-16-20-43(21-17-37)59(64)65)47-32-40(14-8-10-27-60)46(15-9-11-28-61)53-48-33-45(69-44-22-24-50(66-3)42(31-44)35-62)23-25-51(48)70-56(52,54(47)53)67-29-5-2/h5-7,12-13,16-25,30-33,35,40,46,52-54,60-61H,2,4,8-11,14-15,26-29,34,36H2,1,3H3/t40-,46+,52-,53+,54+,56+/m0/s1. The number of nitrogens with zero attached hydrogens (tertiary/aromatic N) is 3.